The van der Waals surface area contributed by atoms with Crippen molar-refractivity contribution in [2.45, 2.75) is 12.1 Å². The summed E-state index contributed by atoms with van der Waals surface area (Å²) in [5.74, 6) is 1.57. The van der Waals surface area contributed by atoms with Crippen molar-refractivity contribution in [3.63, 3.8) is 0 Å². The number of ether oxygens (including phenoxy) is 2. The molecule has 0 atom stereocenters. The van der Waals surface area contributed by atoms with Crippen LogP contribution in [0, 0.1) is 18.3 Å². The van der Waals surface area contributed by atoms with Crippen LogP contribution in [0.2, 0.25) is 5.02 Å². The molecule has 1 heterocycles. The van der Waals surface area contributed by atoms with E-state index in [1.807, 2.05) is 31.4 Å². The number of aryl methyl sites for hydroxylation is 1. The number of nitrogens with one attached hydrogen (secondary N) is 1. The Balaban J connectivity index is 2.17. The van der Waals surface area contributed by atoms with E-state index in [-0.39, 0.29) is 0 Å². The first-order valence-corrected chi connectivity index (χ1v) is 10.2. The second kappa shape index (κ2) is 9.03. The molecule has 0 aliphatic heterocycles. The fourth-order valence-corrected chi connectivity index (χ4v) is 3.31. The minimum Gasteiger partial charge on any atom is -0.493 e. The monoisotopic (exact) mass is 426 g/mol. The quantitative estimate of drug-likeness (QED) is 0.414. The highest BCUT2D eigenvalue weighted by Crippen LogP contribution is 2.36. The van der Waals surface area contributed by atoms with Gasteiger partial charge in [0.15, 0.2) is 22.5 Å². The molecule has 0 radical (unpaired) electrons. The zero-order valence-electron chi connectivity index (χ0n) is 16.4. The Morgan fingerprint density at radius 3 is 2.48 bits per heavy atom. The molecule has 1 aromatic heterocycles. The van der Waals surface area contributed by atoms with Crippen LogP contribution in [0.3, 0.4) is 0 Å². The molecule has 2 aromatic carbocycles. The predicted molar refractivity (Wildman–Crippen MR) is 117 cm³/mol. The van der Waals surface area contributed by atoms with E-state index in [2.05, 4.69) is 21.4 Å². The lowest BCUT2D eigenvalue weighted by atomic mass is 10.1. The summed E-state index contributed by atoms with van der Waals surface area (Å²) in [7, 11) is 3.14. The zero-order chi connectivity index (χ0) is 21.0. The van der Waals surface area contributed by atoms with Crippen LogP contribution in [0.5, 0.6) is 11.5 Å². The first-order chi connectivity index (χ1) is 14.0. The number of thioether (sulfide) groups is 1. The number of halogens is 1. The molecule has 0 aliphatic carbocycles. The summed E-state index contributed by atoms with van der Waals surface area (Å²) < 4.78 is 10.7. The van der Waals surface area contributed by atoms with Gasteiger partial charge in [0.25, 0.3) is 0 Å². The molecule has 0 spiro atoms. The lowest BCUT2D eigenvalue weighted by Gasteiger charge is -2.15. The maximum absolute atomic E-state index is 9.89. The summed E-state index contributed by atoms with van der Waals surface area (Å²) in [5, 5.41) is 14.3. The molecule has 0 unspecified atom stereocenters. The minimum atomic E-state index is 0.328. The van der Waals surface area contributed by atoms with Crippen molar-refractivity contribution in [1.29, 1.82) is 5.26 Å². The molecule has 29 heavy (non-hydrogen) atoms. The molecule has 1 N–H and O–H groups in total. The third kappa shape index (κ3) is 4.39. The minimum absolute atomic E-state index is 0.328. The van der Waals surface area contributed by atoms with Crippen LogP contribution in [0.4, 0.5) is 11.5 Å². The third-order valence-corrected chi connectivity index (χ3v) is 5.08. The number of benzene rings is 2. The van der Waals surface area contributed by atoms with Gasteiger partial charge in [-0.1, -0.05) is 29.4 Å². The van der Waals surface area contributed by atoms with Crippen molar-refractivity contribution in [2.24, 2.45) is 0 Å². The topological polar surface area (TPSA) is 80.1 Å². The van der Waals surface area contributed by atoms with Gasteiger partial charge in [-0.15, -0.1) is 0 Å². The molecular weight excluding hydrogens is 408 g/mol. The fourth-order valence-electron chi connectivity index (χ4n) is 2.78. The van der Waals surface area contributed by atoms with Gasteiger partial charge in [0, 0.05) is 16.3 Å². The van der Waals surface area contributed by atoms with E-state index in [1.165, 1.54) is 11.8 Å². The Morgan fingerprint density at radius 2 is 1.83 bits per heavy atom. The Kier molecular flexibility index (Phi) is 6.47. The lowest BCUT2D eigenvalue weighted by molar-refractivity contribution is 0.355. The number of rotatable bonds is 6. The van der Waals surface area contributed by atoms with Crippen LogP contribution >= 0.6 is 23.4 Å². The van der Waals surface area contributed by atoms with E-state index in [1.54, 1.807) is 32.4 Å². The summed E-state index contributed by atoms with van der Waals surface area (Å²) in [5.41, 5.74) is 3.32. The summed E-state index contributed by atoms with van der Waals surface area (Å²) in [6.45, 7) is 1.95. The number of hydrogen-bond acceptors (Lipinski definition) is 7. The van der Waals surface area contributed by atoms with E-state index in [0.29, 0.717) is 38.8 Å². The molecule has 0 saturated heterocycles. The van der Waals surface area contributed by atoms with Crippen LogP contribution in [0.25, 0.3) is 11.3 Å². The van der Waals surface area contributed by atoms with Gasteiger partial charge in [0.2, 0.25) is 0 Å². The van der Waals surface area contributed by atoms with Gasteiger partial charge in [0.05, 0.1) is 19.9 Å². The second-order valence-corrected chi connectivity index (χ2v) is 7.26. The van der Waals surface area contributed by atoms with Crippen molar-refractivity contribution in [2.75, 3.05) is 25.8 Å². The molecule has 148 valence electrons. The molecule has 0 bridgehead atoms. The molecule has 3 aromatic rings. The Labute approximate surface area is 178 Å². The Bertz CT molecular complexity index is 1100. The lowest BCUT2D eigenvalue weighted by Crippen LogP contribution is -2.04. The number of methoxy groups -OCH3 is 2. The largest absolute Gasteiger partial charge is 0.493 e. The number of aromatic nitrogens is 2. The molecule has 0 fully saturated rings. The Hall–Kier alpha value is -2.95. The van der Waals surface area contributed by atoms with Crippen LogP contribution in [0.15, 0.2) is 41.6 Å². The first kappa shape index (κ1) is 20.8. The van der Waals surface area contributed by atoms with Crippen LogP contribution < -0.4 is 14.8 Å². The SMILES string of the molecule is COc1ccc(-c2nc(SC)nc(Nc3cc(Cl)ccc3C)c2C#N)cc1OC. The van der Waals surface area contributed by atoms with Gasteiger partial charge in [-0.25, -0.2) is 9.97 Å². The summed E-state index contributed by atoms with van der Waals surface area (Å²) >= 11 is 7.53. The van der Waals surface area contributed by atoms with E-state index in [9.17, 15) is 5.26 Å². The van der Waals surface area contributed by atoms with E-state index >= 15 is 0 Å². The van der Waals surface area contributed by atoms with Crippen LogP contribution in [-0.4, -0.2) is 30.4 Å². The van der Waals surface area contributed by atoms with Gasteiger partial charge in [-0.3, -0.25) is 0 Å². The number of hydrogen-bond donors (Lipinski definition) is 1. The van der Waals surface area contributed by atoms with Crippen molar-refractivity contribution < 1.29 is 9.47 Å². The molecule has 0 amide bonds. The second-order valence-electron chi connectivity index (χ2n) is 6.05. The van der Waals surface area contributed by atoms with Crippen LogP contribution in [0.1, 0.15) is 11.1 Å². The predicted octanol–water partition coefficient (Wildman–Crippen LogP) is 5.46. The maximum atomic E-state index is 9.89. The highest BCUT2D eigenvalue weighted by Gasteiger charge is 2.18. The highest BCUT2D eigenvalue weighted by atomic mass is 35.5. The highest BCUT2D eigenvalue weighted by molar-refractivity contribution is 7.98. The molecule has 8 heteroatoms. The zero-order valence-corrected chi connectivity index (χ0v) is 18.0. The number of nitriles is 1. The smallest absolute Gasteiger partial charge is 0.189 e. The van der Waals surface area contributed by atoms with E-state index < -0.39 is 0 Å². The van der Waals surface area contributed by atoms with E-state index in [4.69, 9.17) is 21.1 Å². The van der Waals surface area contributed by atoms with Crippen molar-refractivity contribution in [3.05, 3.63) is 52.5 Å². The third-order valence-electron chi connectivity index (χ3n) is 4.29. The molecule has 0 aliphatic rings. The number of nitrogens with zero attached hydrogens (tertiary/aromatic N) is 3. The van der Waals surface area contributed by atoms with Crippen molar-refractivity contribution >= 4 is 34.9 Å². The van der Waals surface area contributed by atoms with Crippen LogP contribution in [-0.2, 0) is 0 Å². The standard InChI is InChI=1S/C21H19ClN4O2S/c1-12-5-7-14(22)10-16(12)24-20-15(11-23)19(25-21(26-20)29-4)13-6-8-17(27-2)18(9-13)28-3/h5-10H,1-4H3,(H,24,25,26). The molecule has 0 saturated carbocycles. The average Bonchev–Trinajstić information content (AvgIpc) is 2.75. The fraction of sp³-hybridized carbons (Fsp3) is 0.190. The van der Waals surface area contributed by atoms with Gasteiger partial charge in [-0.2, -0.15) is 5.26 Å². The molecular formula is C21H19ClN4O2S. The Morgan fingerprint density at radius 1 is 1.07 bits per heavy atom. The first-order valence-electron chi connectivity index (χ1n) is 8.62. The summed E-state index contributed by atoms with van der Waals surface area (Å²) in [6, 6.07) is 13.2. The van der Waals surface area contributed by atoms with Gasteiger partial charge < -0.3 is 14.8 Å². The van der Waals surface area contributed by atoms with Crippen molar-refractivity contribution in [3.8, 4) is 28.8 Å². The van der Waals surface area contributed by atoms with Gasteiger partial charge >= 0.3 is 0 Å². The summed E-state index contributed by atoms with van der Waals surface area (Å²) in [6.07, 6.45) is 1.88. The molecule has 6 nitrogen and oxygen atoms in total. The summed E-state index contributed by atoms with van der Waals surface area (Å²) in [4.78, 5) is 9.08. The molecule has 3 rings (SSSR count). The van der Waals surface area contributed by atoms with Crippen molar-refractivity contribution in [1.82, 2.24) is 9.97 Å². The number of anilines is 2. The maximum Gasteiger partial charge on any atom is 0.189 e. The normalized spacial score (nSPS) is 10.3. The van der Waals surface area contributed by atoms with E-state index in [0.717, 1.165) is 16.8 Å². The van der Waals surface area contributed by atoms with Gasteiger partial charge in [-0.05, 0) is 49.1 Å². The average molecular weight is 427 g/mol. The van der Waals surface area contributed by atoms with Gasteiger partial charge in [0.1, 0.15) is 11.6 Å².